The third-order valence-corrected chi connectivity index (χ3v) is 9.22. The molecule has 1 fully saturated rings. The van der Waals surface area contributed by atoms with E-state index in [1.807, 2.05) is 42.5 Å². The number of phenols is 1. The largest absolute Gasteiger partial charge is 0.502 e. The molecule has 0 aliphatic carbocycles. The van der Waals surface area contributed by atoms with Gasteiger partial charge < -0.3 is 41.8 Å². The van der Waals surface area contributed by atoms with Crippen molar-refractivity contribution in [1.82, 2.24) is 10.2 Å². The number of nitrogens with two attached hydrogens (primary N) is 2. The first-order chi connectivity index (χ1) is 24.1. The first kappa shape index (κ1) is 35.6. The summed E-state index contributed by atoms with van der Waals surface area (Å²) < 4.78 is 10.6. The van der Waals surface area contributed by atoms with Crippen molar-refractivity contribution in [3.8, 4) is 17.2 Å². The molecule has 2 amide bonds. The van der Waals surface area contributed by atoms with Crippen LogP contribution in [-0.2, 0) is 14.4 Å². The summed E-state index contributed by atoms with van der Waals surface area (Å²) in [6, 6.07) is 17.4. The van der Waals surface area contributed by atoms with Gasteiger partial charge in [0.15, 0.2) is 22.6 Å². The smallest absolute Gasteiger partial charge is 0.326 e. The Morgan fingerprint density at radius 2 is 1.78 bits per heavy atom. The molecule has 8 N–H and O–H groups in total. The van der Waals surface area contributed by atoms with Gasteiger partial charge in [0.1, 0.15) is 12.1 Å². The molecule has 0 radical (unpaired) electrons. The quantitative estimate of drug-likeness (QED) is 0.0618. The van der Waals surface area contributed by atoms with Crippen molar-refractivity contribution in [1.29, 1.82) is 0 Å². The van der Waals surface area contributed by atoms with Crippen LogP contribution in [0.2, 0.25) is 0 Å². The number of aromatic hydroxyl groups is 1. The second-order valence-corrected chi connectivity index (χ2v) is 12.6. The zero-order valence-corrected chi connectivity index (χ0v) is 28.4. The molecular weight excluding hydrogens is 662 g/mol. The Labute approximate surface area is 293 Å². The molecule has 0 bridgehead atoms. The summed E-state index contributed by atoms with van der Waals surface area (Å²) in [4.78, 5) is 51.3. The molecule has 1 saturated heterocycles. The van der Waals surface area contributed by atoms with Crippen LogP contribution in [0.3, 0.4) is 0 Å². The standard InChI is InChI=1S/C35H39N7O7S/c1-48-27-15-20(16-28(49-2)30(27)43)17-29-32(45)42(35(50-29)40-22-9-4-3-5-10-22)26(18-21-19-39-24-12-7-6-11-23(21)24)31(44)41-25(33(46)47)13-8-14-38-34(36)37/h3-7,9-12,15-17,21,25-26,39,43H,8,13-14,18-19H2,1-2H3,(H,41,44)(H,46,47)(H4,36,37,38)/b29-17-,40-35?/t21?,25-,26-/m0/s1. The maximum Gasteiger partial charge on any atom is 0.326 e. The van der Waals surface area contributed by atoms with Crippen molar-refractivity contribution in [2.75, 3.05) is 32.6 Å². The van der Waals surface area contributed by atoms with Crippen molar-refractivity contribution in [3.05, 3.63) is 82.8 Å². The van der Waals surface area contributed by atoms with E-state index in [4.69, 9.17) is 25.9 Å². The molecule has 50 heavy (non-hydrogen) atoms. The number of aliphatic imine (C=N–C) groups is 2. The number of aliphatic carboxylic acids is 1. The number of carboxylic acids is 1. The van der Waals surface area contributed by atoms with Gasteiger partial charge in [-0.2, -0.15) is 0 Å². The highest BCUT2D eigenvalue weighted by Crippen LogP contribution is 2.42. The highest BCUT2D eigenvalue weighted by atomic mass is 32.2. The minimum absolute atomic E-state index is 0.0573. The van der Waals surface area contributed by atoms with E-state index in [9.17, 15) is 24.6 Å². The third kappa shape index (κ3) is 8.29. The number of phenolic OH excluding ortho intramolecular Hbond substituents is 1. The second-order valence-electron chi connectivity index (χ2n) is 11.6. The number of anilines is 1. The zero-order chi connectivity index (χ0) is 35.8. The topological polar surface area (TPSA) is 214 Å². The van der Waals surface area contributed by atoms with Crippen LogP contribution in [0.25, 0.3) is 6.08 Å². The number of benzene rings is 3. The van der Waals surface area contributed by atoms with Crippen molar-refractivity contribution in [2.45, 2.75) is 37.3 Å². The molecule has 5 rings (SSSR count). The molecule has 2 heterocycles. The van der Waals surface area contributed by atoms with Gasteiger partial charge >= 0.3 is 5.97 Å². The predicted octanol–water partition coefficient (Wildman–Crippen LogP) is 3.60. The number of nitrogens with one attached hydrogen (secondary N) is 2. The number of thioether (sulfide) groups is 1. The summed E-state index contributed by atoms with van der Waals surface area (Å²) in [7, 11) is 2.80. The minimum atomic E-state index is -1.26. The molecule has 3 aromatic carbocycles. The molecule has 0 aromatic heterocycles. The van der Waals surface area contributed by atoms with Gasteiger partial charge in [0, 0.05) is 24.7 Å². The summed E-state index contributed by atoms with van der Waals surface area (Å²) in [5.74, 6) is -2.58. The second kappa shape index (κ2) is 16.1. The normalized spacial score (nSPS) is 17.9. The SMILES string of the molecule is COc1cc(/C=C2\SC(=Nc3ccccc3)N([C@@H](CC3CNc4ccccc43)C(=O)N[C@@H](CCCN=C(N)N)C(=O)O)C2=O)cc(OC)c1O. The lowest BCUT2D eigenvalue weighted by Crippen LogP contribution is -2.53. The first-order valence-electron chi connectivity index (χ1n) is 15.8. The van der Waals surface area contributed by atoms with Gasteiger partial charge in [-0.05, 0) is 78.6 Å². The monoisotopic (exact) mass is 701 g/mol. The highest BCUT2D eigenvalue weighted by Gasteiger charge is 2.44. The van der Waals surface area contributed by atoms with Gasteiger partial charge in [-0.1, -0.05) is 36.4 Å². The van der Waals surface area contributed by atoms with Gasteiger partial charge in [0.05, 0.1) is 24.8 Å². The van der Waals surface area contributed by atoms with Crippen LogP contribution < -0.4 is 31.6 Å². The Morgan fingerprint density at radius 1 is 1.10 bits per heavy atom. The summed E-state index contributed by atoms with van der Waals surface area (Å²) in [5, 5.41) is 26.8. The number of hydrogen-bond acceptors (Lipinski definition) is 10. The summed E-state index contributed by atoms with van der Waals surface area (Å²) in [6.07, 6.45) is 2.13. The highest BCUT2D eigenvalue weighted by molar-refractivity contribution is 8.18. The van der Waals surface area contributed by atoms with E-state index in [2.05, 4.69) is 15.6 Å². The lowest BCUT2D eigenvalue weighted by atomic mass is 9.92. The number of carboxylic acid groups (broad SMARTS) is 1. The van der Waals surface area contributed by atoms with Crippen molar-refractivity contribution < 1.29 is 34.1 Å². The molecule has 2 aliphatic heterocycles. The maximum atomic E-state index is 14.4. The average Bonchev–Trinajstić information content (AvgIpc) is 3.65. The summed E-state index contributed by atoms with van der Waals surface area (Å²) in [5.41, 5.74) is 13.8. The maximum absolute atomic E-state index is 14.4. The van der Waals surface area contributed by atoms with Gasteiger partial charge in [-0.15, -0.1) is 0 Å². The van der Waals surface area contributed by atoms with E-state index in [1.54, 1.807) is 30.3 Å². The molecule has 14 nitrogen and oxygen atoms in total. The van der Waals surface area contributed by atoms with Crippen molar-refractivity contribution in [2.24, 2.45) is 21.5 Å². The fourth-order valence-electron chi connectivity index (χ4n) is 5.80. The first-order valence-corrected chi connectivity index (χ1v) is 16.6. The van der Waals surface area contributed by atoms with E-state index in [0.717, 1.165) is 23.0 Å². The van der Waals surface area contributed by atoms with Crippen LogP contribution in [0.1, 0.15) is 36.3 Å². The number of amidine groups is 1. The third-order valence-electron chi connectivity index (χ3n) is 8.24. The molecule has 1 unspecified atom stereocenters. The van der Waals surface area contributed by atoms with Crippen LogP contribution in [-0.4, -0.2) is 83.4 Å². The van der Waals surface area contributed by atoms with Crippen LogP contribution in [0.5, 0.6) is 17.2 Å². The van der Waals surface area contributed by atoms with Crippen molar-refractivity contribution in [3.63, 3.8) is 0 Å². The van der Waals surface area contributed by atoms with Gasteiger partial charge in [0.2, 0.25) is 11.7 Å². The van der Waals surface area contributed by atoms with E-state index >= 15 is 0 Å². The fourth-order valence-corrected chi connectivity index (χ4v) is 6.83. The molecule has 15 heteroatoms. The lowest BCUT2D eigenvalue weighted by molar-refractivity contribution is -0.143. The summed E-state index contributed by atoms with van der Waals surface area (Å²) in [6.45, 7) is 0.701. The molecule has 3 atom stereocenters. The number of carbonyl (C=O) groups is 3. The lowest BCUT2D eigenvalue weighted by Gasteiger charge is -2.29. The number of hydrogen-bond donors (Lipinski definition) is 6. The number of fused-ring (bicyclic) bond motifs is 1. The van der Waals surface area contributed by atoms with Crippen LogP contribution in [0.4, 0.5) is 11.4 Å². The number of ether oxygens (including phenoxy) is 2. The van der Waals surface area contributed by atoms with E-state index in [0.29, 0.717) is 24.2 Å². The number of carbonyl (C=O) groups excluding carboxylic acids is 2. The Bertz CT molecular complexity index is 1800. The van der Waals surface area contributed by atoms with Crippen LogP contribution in [0, 0.1) is 0 Å². The Kier molecular flexibility index (Phi) is 11.5. The van der Waals surface area contributed by atoms with Gasteiger partial charge in [0.25, 0.3) is 5.91 Å². The van der Waals surface area contributed by atoms with Gasteiger partial charge in [-0.3, -0.25) is 19.5 Å². The Balaban J connectivity index is 1.56. The van der Waals surface area contributed by atoms with E-state index < -0.39 is 29.9 Å². The Hall–Kier alpha value is -5.70. The summed E-state index contributed by atoms with van der Waals surface area (Å²) >= 11 is 1.07. The number of para-hydroxylation sites is 2. The minimum Gasteiger partial charge on any atom is -0.502 e. The fraction of sp³-hybridized carbons (Fsp3) is 0.286. The predicted molar refractivity (Wildman–Crippen MR) is 193 cm³/mol. The molecule has 262 valence electrons. The molecule has 0 spiro atoms. The van der Waals surface area contributed by atoms with Crippen LogP contribution in [0.15, 0.2) is 81.6 Å². The van der Waals surface area contributed by atoms with Crippen LogP contribution >= 0.6 is 11.8 Å². The number of amides is 2. The Morgan fingerprint density at radius 3 is 2.44 bits per heavy atom. The average molecular weight is 702 g/mol. The van der Waals surface area contributed by atoms with Gasteiger partial charge in [-0.25, -0.2) is 9.79 Å². The van der Waals surface area contributed by atoms with Crippen molar-refractivity contribution >= 4 is 58.1 Å². The molecule has 0 saturated carbocycles. The number of nitrogens with zero attached hydrogens (tertiary/aromatic N) is 3. The number of rotatable bonds is 14. The number of methoxy groups -OCH3 is 2. The molecule has 2 aliphatic rings. The van der Waals surface area contributed by atoms with E-state index in [1.165, 1.54) is 19.1 Å². The van der Waals surface area contributed by atoms with E-state index in [-0.39, 0.29) is 58.6 Å². The molecular formula is C35H39N7O7S. The zero-order valence-electron chi connectivity index (χ0n) is 27.5. The number of guanidine groups is 1. The molecule has 3 aromatic rings.